The fraction of sp³-hybridized carbons (Fsp3) is 0.409. The summed E-state index contributed by atoms with van der Waals surface area (Å²) in [5.74, 6) is 1.51. The van der Waals surface area contributed by atoms with Crippen molar-refractivity contribution in [2.75, 3.05) is 21.0 Å². The second kappa shape index (κ2) is 9.87. The maximum absolute atomic E-state index is 12.1. The Hall–Kier alpha value is -1.90. The molecule has 5 heteroatoms. The fourth-order valence-corrected chi connectivity index (χ4v) is 5.13. The molecule has 2 rings (SSSR count). The van der Waals surface area contributed by atoms with Gasteiger partial charge in [-0.3, -0.25) is 4.79 Å². The molecule has 1 unspecified atom stereocenters. The number of hydrogen-bond donors (Lipinski definition) is 0. The lowest BCUT2D eigenvalue weighted by Gasteiger charge is -2.35. The number of ether oxygens (including phenoxy) is 3. The zero-order valence-corrected chi connectivity index (χ0v) is 17.8. The molecule has 0 aromatic heterocycles. The van der Waals surface area contributed by atoms with Gasteiger partial charge in [0, 0.05) is 23.4 Å². The predicted octanol–water partition coefficient (Wildman–Crippen LogP) is 4.90. The number of methoxy groups -OCH3 is 2. The highest BCUT2D eigenvalue weighted by Crippen LogP contribution is 2.52. The van der Waals surface area contributed by atoms with Gasteiger partial charge in [-0.05, 0) is 31.1 Å². The van der Waals surface area contributed by atoms with Crippen LogP contribution in [-0.4, -0.2) is 26.8 Å². The summed E-state index contributed by atoms with van der Waals surface area (Å²) in [5, 5.41) is 0.942. The van der Waals surface area contributed by atoms with Crippen molar-refractivity contribution in [1.29, 1.82) is 0 Å². The van der Waals surface area contributed by atoms with E-state index >= 15 is 0 Å². The normalized spacial score (nSPS) is 11.7. The summed E-state index contributed by atoms with van der Waals surface area (Å²) in [6, 6.07) is 13.9. The van der Waals surface area contributed by atoms with Crippen molar-refractivity contribution in [2.45, 2.75) is 38.8 Å². The van der Waals surface area contributed by atoms with E-state index < -0.39 is 0 Å². The molecule has 0 heterocycles. The van der Waals surface area contributed by atoms with Gasteiger partial charge in [-0.15, -0.1) is 0 Å². The lowest BCUT2D eigenvalue weighted by molar-refractivity contribution is 0.0479. The molecule has 0 aliphatic heterocycles. The van der Waals surface area contributed by atoms with E-state index in [1.807, 2.05) is 30.3 Å². The molecule has 27 heavy (non-hydrogen) atoms. The van der Waals surface area contributed by atoms with Crippen molar-refractivity contribution in [3.05, 3.63) is 53.6 Å². The molecular formula is C22H29O4P. The number of hydrogen-bond acceptors (Lipinski definition) is 4. The first kappa shape index (κ1) is 21.4. The summed E-state index contributed by atoms with van der Waals surface area (Å²) in [7, 11) is 3.69. The van der Waals surface area contributed by atoms with Crippen LogP contribution in [0.2, 0.25) is 0 Å². The van der Waals surface area contributed by atoms with Crippen molar-refractivity contribution in [1.82, 2.24) is 0 Å². The van der Waals surface area contributed by atoms with E-state index in [4.69, 9.17) is 14.2 Å². The molecule has 0 saturated heterocycles. The molecule has 2 aromatic rings. The van der Waals surface area contributed by atoms with E-state index in [9.17, 15) is 4.79 Å². The average Bonchev–Trinajstić information content (AvgIpc) is 2.70. The minimum absolute atomic E-state index is 0.0979. The number of para-hydroxylation sites is 1. The van der Waals surface area contributed by atoms with Gasteiger partial charge in [0.1, 0.15) is 0 Å². The lowest BCUT2D eigenvalue weighted by Crippen LogP contribution is -2.25. The van der Waals surface area contributed by atoms with E-state index in [1.54, 1.807) is 21.1 Å². The van der Waals surface area contributed by atoms with E-state index in [2.05, 4.69) is 26.0 Å². The molecule has 0 N–H and O–H groups in total. The van der Waals surface area contributed by atoms with Crippen LogP contribution < -0.4 is 14.8 Å². The maximum atomic E-state index is 12.1. The van der Waals surface area contributed by atoms with Gasteiger partial charge < -0.3 is 14.2 Å². The Morgan fingerprint density at radius 1 is 1.04 bits per heavy atom. The number of rotatable bonds is 10. The zero-order chi connectivity index (χ0) is 19.9. The number of Topliss-reactive ketones (excluding diaryl/α,β-unsaturated/α-hetero) is 1. The van der Waals surface area contributed by atoms with Crippen molar-refractivity contribution < 1.29 is 19.0 Å². The lowest BCUT2D eigenvalue weighted by atomic mass is 9.91. The van der Waals surface area contributed by atoms with E-state index in [0.717, 1.165) is 35.0 Å². The average molecular weight is 388 g/mol. The smallest absolute Gasteiger partial charge is 0.188 e. The van der Waals surface area contributed by atoms with Gasteiger partial charge >= 0.3 is 0 Å². The van der Waals surface area contributed by atoms with Gasteiger partial charge in [0.05, 0.1) is 7.11 Å². The van der Waals surface area contributed by atoms with Crippen LogP contribution in [0.25, 0.3) is 0 Å². The molecule has 0 aliphatic carbocycles. The number of benzene rings is 2. The molecule has 0 fully saturated rings. The van der Waals surface area contributed by atoms with Gasteiger partial charge in [-0.1, -0.05) is 58.8 Å². The summed E-state index contributed by atoms with van der Waals surface area (Å²) in [5.41, 5.74) is 1.89. The summed E-state index contributed by atoms with van der Waals surface area (Å²) >= 11 is 0. The molecule has 0 aliphatic rings. The number of carbonyl (C=O) groups is 1. The topological polar surface area (TPSA) is 44.8 Å². The van der Waals surface area contributed by atoms with E-state index in [1.165, 1.54) is 0 Å². The predicted molar refractivity (Wildman–Crippen MR) is 112 cm³/mol. The molecule has 0 amide bonds. The second-order valence-corrected chi connectivity index (χ2v) is 8.15. The fourth-order valence-electron chi connectivity index (χ4n) is 3.35. The van der Waals surface area contributed by atoms with Gasteiger partial charge in [-0.2, -0.15) is 0 Å². The van der Waals surface area contributed by atoms with Crippen LogP contribution in [0.1, 0.15) is 49.5 Å². The number of carbonyl (C=O) groups excluding carboxylic acids is 1. The van der Waals surface area contributed by atoms with Gasteiger partial charge in [0.25, 0.3) is 0 Å². The summed E-state index contributed by atoms with van der Waals surface area (Å²) in [4.78, 5) is 12.1. The summed E-state index contributed by atoms with van der Waals surface area (Å²) in [6.45, 7) is 6.16. The van der Waals surface area contributed by atoms with E-state index in [0.29, 0.717) is 14.3 Å². The van der Waals surface area contributed by atoms with Crippen molar-refractivity contribution >= 4 is 19.7 Å². The first-order valence-electron chi connectivity index (χ1n) is 9.20. The molecule has 0 radical (unpaired) electrons. The molecule has 2 aromatic carbocycles. The molecule has 0 saturated carbocycles. The quantitative estimate of drug-likeness (QED) is 0.330. The Morgan fingerprint density at radius 2 is 1.74 bits per heavy atom. The van der Waals surface area contributed by atoms with Crippen molar-refractivity contribution in [3.63, 3.8) is 0 Å². The third-order valence-corrected chi connectivity index (χ3v) is 7.08. The van der Waals surface area contributed by atoms with Crippen LogP contribution in [-0.2, 0) is 9.89 Å². The molecule has 1 atom stereocenters. The van der Waals surface area contributed by atoms with Gasteiger partial charge in [0.2, 0.25) is 0 Å². The minimum atomic E-state index is -0.150. The Morgan fingerprint density at radius 3 is 2.33 bits per heavy atom. The maximum Gasteiger partial charge on any atom is 0.188 e. The Balaban J connectivity index is 2.58. The second-order valence-electron chi connectivity index (χ2n) is 6.40. The molecule has 146 valence electrons. The molecule has 4 nitrogen and oxygen atoms in total. The van der Waals surface area contributed by atoms with Crippen LogP contribution in [0.15, 0.2) is 42.5 Å². The minimum Gasteiger partial charge on any atom is -0.493 e. The first-order chi connectivity index (χ1) is 13.0. The first-order valence-corrected chi connectivity index (χ1v) is 10.2. The molecular weight excluding hydrogens is 359 g/mol. The van der Waals surface area contributed by atoms with Crippen LogP contribution in [0.5, 0.6) is 11.5 Å². The van der Waals surface area contributed by atoms with Gasteiger partial charge in [0.15, 0.2) is 24.1 Å². The van der Waals surface area contributed by atoms with Crippen LogP contribution in [0, 0.1) is 0 Å². The highest BCUT2D eigenvalue weighted by atomic mass is 31.1. The monoisotopic (exact) mass is 388 g/mol. The SMILES string of the molecule is CCC(CC)(Pc1ccccc1C(C)=O)c1cccc(OC)c1OCOC. The summed E-state index contributed by atoms with van der Waals surface area (Å²) < 4.78 is 16.6. The van der Waals surface area contributed by atoms with Crippen LogP contribution in [0.3, 0.4) is 0 Å². The molecule has 0 bridgehead atoms. The van der Waals surface area contributed by atoms with E-state index in [-0.39, 0.29) is 17.7 Å². The van der Waals surface area contributed by atoms with Crippen LogP contribution in [0.4, 0.5) is 0 Å². The van der Waals surface area contributed by atoms with Crippen molar-refractivity contribution in [2.24, 2.45) is 0 Å². The zero-order valence-electron chi connectivity index (χ0n) is 16.8. The third-order valence-electron chi connectivity index (χ3n) is 4.92. The highest BCUT2D eigenvalue weighted by Gasteiger charge is 2.34. The third kappa shape index (κ3) is 4.69. The Bertz CT molecular complexity index is 769. The van der Waals surface area contributed by atoms with Crippen molar-refractivity contribution in [3.8, 4) is 11.5 Å². The number of ketones is 1. The largest absolute Gasteiger partial charge is 0.493 e. The Labute approximate surface area is 164 Å². The Kier molecular flexibility index (Phi) is 7.82. The highest BCUT2D eigenvalue weighted by molar-refractivity contribution is 7.48. The standard InChI is InChI=1S/C22H29O4P/c1-6-22(7-2,27-20-14-9-8-11-17(20)16(3)23)18-12-10-13-19(25-5)21(18)26-15-24-4/h8-14,27H,6-7,15H2,1-5H3. The van der Waals surface area contributed by atoms with Gasteiger partial charge in [-0.25, -0.2) is 0 Å². The van der Waals surface area contributed by atoms with Crippen LogP contribution >= 0.6 is 8.58 Å². The molecule has 0 spiro atoms. The summed E-state index contributed by atoms with van der Waals surface area (Å²) in [6.07, 6.45) is 1.84.